The van der Waals surface area contributed by atoms with Crippen LogP contribution in [0.3, 0.4) is 0 Å². The van der Waals surface area contributed by atoms with Crippen molar-refractivity contribution in [1.82, 2.24) is 25.3 Å². The molecule has 4 aliphatic carbocycles. The molecule has 13 nitrogen and oxygen atoms in total. The van der Waals surface area contributed by atoms with Gasteiger partial charge in [-0.05, 0) is 99.1 Å². The quantitative estimate of drug-likeness (QED) is 0.326. The van der Waals surface area contributed by atoms with Crippen LogP contribution in [0.5, 0.6) is 5.75 Å². The zero-order chi connectivity index (χ0) is 42.5. The summed E-state index contributed by atoms with van der Waals surface area (Å²) in [5, 5.41) is 15.3. The van der Waals surface area contributed by atoms with Crippen LogP contribution in [-0.2, 0) is 32.3 Å². The van der Waals surface area contributed by atoms with Crippen LogP contribution in [0.15, 0.2) is 30.3 Å². The van der Waals surface area contributed by atoms with E-state index in [2.05, 4.69) is 54.2 Å². The average Bonchev–Trinajstić information content (AvgIpc) is 3.73. The van der Waals surface area contributed by atoms with E-state index in [0.717, 1.165) is 67.8 Å². The Labute approximate surface area is 355 Å². The van der Waals surface area contributed by atoms with E-state index in [4.69, 9.17) is 16.3 Å². The van der Waals surface area contributed by atoms with Crippen molar-refractivity contribution < 1.29 is 33.5 Å². The lowest BCUT2D eigenvalue weighted by molar-refractivity contribution is -0.181. The van der Waals surface area contributed by atoms with E-state index in [9.17, 15) is 34.0 Å². The Balaban J connectivity index is 0.754. The molecule has 2 saturated heterocycles. The zero-order valence-corrected chi connectivity index (χ0v) is 35.6. The number of carbonyl (C=O) groups excluding carboxylic acids is 6. The van der Waals surface area contributed by atoms with Crippen LogP contribution < -0.4 is 15.4 Å². The van der Waals surface area contributed by atoms with Crippen molar-refractivity contribution in [3.8, 4) is 11.8 Å². The molecule has 4 saturated carbocycles. The maximum atomic E-state index is 14.2. The van der Waals surface area contributed by atoms with Crippen molar-refractivity contribution in [2.75, 3.05) is 19.6 Å². The number of nitriles is 1. The first-order valence-electron chi connectivity index (χ1n) is 21.5. The number of fused-ring (bicyclic) bond motifs is 5. The van der Waals surface area contributed by atoms with Crippen LogP contribution in [0.2, 0.25) is 5.02 Å². The molecule has 0 aromatic heterocycles. The number of carbonyl (C=O) groups is 6. The molecule has 10 rings (SSSR count). The van der Waals surface area contributed by atoms with Gasteiger partial charge in [-0.3, -0.25) is 43.9 Å². The molecular weight excluding hydrogens is 784 g/mol. The topological polar surface area (TPSA) is 169 Å². The third-order valence-corrected chi connectivity index (χ3v) is 15.9. The number of piperidine rings is 2. The Morgan fingerprint density at radius 2 is 1.45 bits per heavy atom. The van der Waals surface area contributed by atoms with Crippen LogP contribution >= 0.6 is 11.6 Å². The molecule has 0 radical (unpaired) electrons. The highest BCUT2D eigenvalue weighted by Gasteiger charge is 2.65. The van der Waals surface area contributed by atoms with Crippen molar-refractivity contribution in [1.29, 1.82) is 5.26 Å². The molecule has 6 fully saturated rings. The Hall–Kier alpha value is -4.80. The number of likely N-dealkylation sites (tertiary alicyclic amines) is 1. The van der Waals surface area contributed by atoms with Crippen molar-refractivity contribution in [3.63, 3.8) is 0 Å². The summed E-state index contributed by atoms with van der Waals surface area (Å²) in [5.41, 5.74) is 1.48. The summed E-state index contributed by atoms with van der Waals surface area (Å²) in [6.07, 6.45) is 6.17. The number of hydrogen-bond acceptors (Lipinski definition) is 9. The van der Waals surface area contributed by atoms with Gasteiger partial charge in [0.2, 0.25) is 23.6 Å². The Morgan fingerprint density at radius 1 is 0.867 bits per heavy atom. The predicted octanol–water partition coefficient (Wildman–Crippen LogP) is 5.51. The molecule has 6 amide bonds. The summed E-state index contributed by atoms with van der Waals surface area (Å²) in [6, 6.07) is 9.71. The number of amides is 6. The third-order valence-electron chi connectivity index (χ3n) is 15.6. The van der Waals surface area contributed by atoms with E-state index in [-0.39, 0.29) is 47.6 Å². The number of hydrogen-bond donors (Lipinski definition) is 2. The number of halogens is 1. The third kappa shape index (κ3) is 6.43. The lowest BCUT2D eigenvalue weighted by Gasteiger charge is -2.64. The summed E-state index contributed by atoms with van der Waals surface area (Å²) < 4.78 is 6.44. The number of ether oxygens (including phenoxy) is 1. The molecule has 60 heavy (non-hydrogen) atoms. The molecule has 4 heterocycles. The second-order valence-corrected chi connectivity index (χ2v) is 20.3. The van der Waals surface area contributed by atoms with Gasteiger partial charge in [0, 0.05) is 72.9 Å². The van der Waals surface area contributed by atoms with Crippen LogP contribution in [0.1, 0.15) is 129 Å². The molecule has 1 atom stereocenters. The molecule has 8 aliphatic rings. The molecular formula is C46H53ClN6O7. The highest BCUT2D eigenvalue weighted by Crippen LogP contribution is 2.60. The largest absolute Gasteiger partial charge is 0.489 e. The Morgan fingerprint density at radius 3 is 2.00 bits per heavy atom. The molecule has 316 valence electrons. The molecule has 4 aliphatic heterocycles. The van der Waals surface area contributed by atoms with Gasteiger partial charge in [-0.1, -0.05) is 39.3 Å². The predicted molar refractivity (Wildman–Crippen MR) is 219 cm³/mol. The van der Waals surface area contributed by atoms with E-state index in [1.165, 1.54) is 0 Å². The van der Waals surface area contributed by atoms with E-state index >= 15 is 0 Å². The molecule has 1 unspecified atom stereocenters. The van der Waals surface area contributed by atoms with Gasteiger partial charge in [0.1, 0.15) is 24.0 Å². The maximum absolute atomic E-state index is 14.2. The minimum Gasteiger partial charge on any atom is -0.489 e. The van der Waals surface area contributed by atoms with E-state index < -0.39 is 40.5 Å². The van der Waals surface area contributed by atoms with Crippen molar-refractivity contribution in [2.24, 2.45) is 27.6 Å². The summed E-state index contributed by atoms with van der Waals surface area (Å²) in [7, 11) is 0. The van der Waals surface area contributed by atoms with E-state index in [1.54, 1.807) is 30.3 Å². The van der Waals surface area contributed by atoms with Gasteiger partial charge in [-0.25, -0.2) is 0 Å². The summed E-state index contributed by atoms with van der Waals surface area (Å²) in [4.78, 5) is 84.7. The SMILES string of the molecule is CC1(C)[C@H](NC(=O)C23CCC(C(=O)N4CCC(CN5Cc6cc7c(cc6C5)C(=O)N(C5CCC(=O)NC5=O)C7=O)CC4)(CC2)CC3)C(C)(C)[C@H]1Oc1ccc(C#N)c(Cl)c1. The first-order valence-corrected chi connectivity index (χ1v) is 21.9. The van der Waals surface area contributed by atoms with Crippen molar-refractivity contribution in [2.45, 2.75) is 123 Å². The standard InChI is InChI=1S/C46H53ClN6O7/c1-43(2)39(44(3,4)40(43)60-30-6-5-27(22-48)33(47)21-30)50-41(58)45-11-14-46(15-12-45,16-13-45)42(59)52-17-9-26(10-18-52)23-51-24-28-19-31-32(20-29(28)25-51)38(57)53(37(31)56)34-7-8-35(54)49-36(34)55/h5-6,19-21,26,34,39-40H,7-18,23-25H2,1-4H3,(H,50,58)(H,49,54,55)/t34?,39-,40-,45?,46?. The number of rotatable bonds is 8. The Bertz CT molecular complexity index is 2190. The van der Waals surface area contributed by atoms with Crippen molar-refractivity contribution in [3.05, 3.63) is 63.2 Å². The van der Waals surface area contributed by atoms with Gasteiger partial charge >= 0.3 is 0 Å². The van der Waals surface area contributed by atoms with Gasteiger partial charge in [-0.15, -0.1) is 0 Å². The zero-order valence-electron chi connectivity index (χ0n) is 34.8. The minimum absolute atomic E-state index is 0.0856. The highest BCUT2D eigenvalue weighted by atomic mass is 35.5. The fourth-order valence-corrected chi connectivity index (χ4v) is 12.5. The van der Waals surface area contributed by atoms with Crippen LogP contribution in [0, 0.1) is 38.9 Å². The first kappa shape index (κ1) is 40.6. The smallest absolute Gasteiger partial charge is 0.262 e. The van der Waals surface area contributed by atoms with Crippen LogP contribution in [0.4, 0.5) is 0 Å². The number of nitrogens with one attached hydrogen (secondary N) is 2. The summed E-state index contributed by atoms with van der Waals surface area (Å²) >= 11 is 6.29. The van der Waals surface area contributed by atoms with E-state index in [1.807, 2.05) is 0 Å². The van der Waals surface area contributed by atoms with Gasteiger partial charge in [0.25, 0.3) is 11.8 Å². The molecule has 2 bridgehead atoms. The molecule has 2 aromatic rings. The van der Waals surface area contributed by atoms with Gasteiger partial charge in [-0.2, -0.15) is 5.26 Å². The minimum atomic E-state index is -0.979. The van der Waals surface area contributed by atoms with Crippen molar-refractivity contribution >= 4 is 47.0 Å². The highest BCUT2D eigenvalue weighted by molar-refractivity contribution is 6.31. The normalized spacial score (nSPS) is 30.6. The fourth-order valence-electron chi connectivity index (χ4n) is 12.3. The molecule has 2 N–H and O–H groups in total. The van der Waals surface area contributed by atoms with Crippen LogP contribution in [0.25, 0.3) is 0 Å². The second-order valence-electron chi connectivity index (χ2n) is 19.9. The van der Waals surface area contributed by atoms with Gasteiger partial charge in [0.15, 0.2) is 0 Å². The van der Waals surface area contributed by atoms with Crippen LogP contribution in [-0.4, -0.2) is 88.0 Å². The molecule has 14 heteroatoms. The lowest BCUT2D eigenvalue weighted by atomic mass is 9.48. The first-order chi connectivity index (χ1) is 28.5. The van der Waals surface area contributed by atoms with Gasteiger partial charge < -0.3 is 15.0 Å². The number of nitrogens with zero attached hydrogens (tertiary/aromatic N) is 4. The number of benzene rings is 2. The summed E-state index contributed by atoms with van der Waals surface area (Å²) in [5.74, 6) is -0.614. The second kappa shape index (κ2) is 14.4. The molecule has 0 spiro atoms. The Kier molecular flexibility index (Phi) is 9.75. The number of imide groups is 2. The average molecular weight is 837 g/mol. The van der Waals surface area contributed by atoms with E-state index in [0.29, 0.717) is 65.7 Å². The maximum Gasteiger partial charge on any atom is 0.262 e. The summed E-state index contributed by atoms with van der Waals surface area (Å²) in [6.45, 7) is 12.1. The fraction of sp³-hybridized carbons (Fsp3) is 0.587. The lowest BCUT2D eigenvalue weighted by Crippen LogP contribution is -2.75. The molecule has 2 aromatic carbocycles. The monoisotopic (exact) mass is 836 g/mol. The van der Waals surface area contributed by atoms with Gasteiger partial charge in [0.05, 0.1) is 21.7 Å².